The minimum atomic E-state index is -0.340. The average molecular weight is 250 g/mol. The molecule has 1 heterocycles. The largest absolute Gasteiger partial charge is 0.481 e. The van der Waals surface area contributed by atoms with Crippen LogP contribution in [0.25, 0.3) is 0 Å². The Bertz CT molecular complexity index is 402. The first-order chi connectivity index (χ1) is 8.66. The Morgan fingerprint density at radius 1 is 1.39 bits per heavy atom. The van der Waals surface area contributed by atoms with E-state index in [1.165, 1.54) is 0 Å². The standard InChI is InChI=1S/C14H18O4/c1-10-4-3-5-11(2)14(10)17-9-13(15)18-12-6-7-16-8-12/h3-5,12H,6-9H2,1-2H3/t12-/m1/s1. The SMILES string of the molecule is Cc1cccc(C)c1OCC(=O)O[C@@H]1CCOC1. The first-order valence-electron chi connectivity index (χ1n) is 6.13. The van der Waals surface area contributed by atoms with Crippen LogP contribution in [0.15, 0.2) is 18.2 Å². The van der Waals surface area contributed by atoms with E-state index in [0.717, 1.165) is 23.3 Å². The summed E-state index contributed by atoms with van der Waals surface area (Å²) in [5.74, 6) is 0.422. The van der Waals surface area contributed by atoms with Crippen molar-refractivity contribution in [3.8, 4) is 5.75 Å². The molecule has 1 aliphatic heterocycles. The smallest absolute Gasteiger partial charge is 0.344 e. The molecule has 0 saturated carbocycles. The fourth-order valence-corrected chi connectivity index (χ4v) is 1.98. The maximum Gasteiger partial charge on any atom is 0.344 e. The van der Waals surface area contributed by atoms with Crippen LogP contribution < -0.4 is 4.74 Å². The summed E-state index contributed by atoms with van der Waals surface area (Å²) in [5, 5.41) is 0. The molecule has 0 bridgehead atoms. The zero-order valence-corrected chi connectivity index (χ0v) is 10.8. The molecule has 0 unspecified atom stereocenters. The Labute approximate surface area is 107 Å². The van der Waals surface area contributed by atoms with Gasteiger partial charge in [0.1, 0.15) is 11.9 Å². The van der Waals surface area contributed by atoms with E-state index in [1.807, 2.05) is 32.0 Å². The molecule has 18 heavy (non-hydrogen) atoms. The number of para-hydroxylation sites is 1. The van der Waals surface area contributed by atoms with Gasteiger partial charge in [0.05, 0.1) is 13.2 Å². The number of hydrogen-bond donors (Lipinski definition) is 0. The Morgan fingerprint density at radius 3 is 2.72 bits per heavy atom. The van der Waals surface area contributed by atoms with Gasteiger partial charge in [0, 0.05) is 6.42 Å². The third-order valence-electron chi connectivity index (χ3n) is 2.93. The summed E-state index contributed by atoms with van der Waals surface area (Å²) in [5.41, 5.74) is 2.04. The molecular weight excluding hydrogens is 232 g/mol. The van der Waals surface area contributed by atoms with Crippen LogP contribution in [-0.4, -0.2) is 31.9 Å². The Balaban J connectivity index is 1.85. The summed E-state index contributed by atoms with van der Waals surface area (Å²) in [6, 6.07) is 5.88. The van der Waals surface area contributed by atoms with E-state index in [9.17, 15) is 4.79 Å². The molecule has 98 valence electrons. The monoisotopic (exact) mass is 250 g/mol. The molecule has 0 aliphatic carbocycles. The molecule has 1 aliphatic rings. The molecule has 0 amide bonds. The molecule has 1 aromatic rings. The highest BCUT2D eigenvalue weighted by Crippen LogP contribution is 2.22. The van der Waals surface area contributed by atoms with Gasteiger partial charge in [-0.15, -0.1) is 0 Å². The third-order valence-corrected chi connectivity index (χ3v) is 2.93. The maximum atomic E-state index is 11.6. The topological polar surface area (TPSA) is 44.8 Å². The highest BCUT2D eigenvalue weighted by atomic mass is 16.6. The fraction of sp³-hybridized carbons (Fsp3) is 0.500. The predicted octanol–water partition coefficient (Wildman–Crippen LogP) is 2.01. The number of hydrogen-bond acceptors (Lipinski definition) is 4. The van der Waals surface area contributed by atoms with Crippen molar-refractivity contribution in [1.82, 2.24) is 0 Å². The molecule has 4 heteroatoms. The fourth-order valence-electron chi connectivity index (χ4n) is 1.98. The van der Waals surface area contributed by atoms with Gasteiger partial charge in [-0.25, -0.2) is 4.79 Å². The number of ether oxygens (including phenoxy) is 3. The van der Waals surface area contributed by atoms with Gasteiger partial charge in [0.15, 0.2) is 6.61 Å². The normalized spacial score (nSPS) is 18.7. The van der Waals surface area contributed by atoms with E-state index in [1.54, 1.807) is 0 Å². The number of esters is 1. The minimum Gasteiger partial charge on any atom is -0.481 e. The van der Waals surface area contributed by atoms with Crippen LogP contribution in [-0.2, 0) is 14.3 Å². The highest BCUT2D eigenvalue weighted by Gasteiger charge is 2.20. The van der Waals surface area contributed by atoms with Crippen molar-refractivity contribution in [2.75, 3.05) is 19.8 Å². The molecule has 0 radical (unpaired) electrons. The lowest BCUT2D eigenvalue weighted by molar-refractivity contribution is -0.151. The quantitative estimate of drug-likeness (QED) is 0.767. The first-order valence-corrected chi connectivity index (χ1v) is 6.13. The van der Waals surface area contributed by atoms with Crippen molar-refractivity contribution in [1.29, 1.82) is 0 Å². The van der Waals surface area contributed by atoms with Crippen molar-refractivity contribution in [3.63, 3.8) is 0 Å². The molecule has 1 fully saturated rings. The van der Waals surface area contributed by atoms with Gasteiger partial charge in [-0.05, 0) is 25.0 Å². The highest BCUT2D eigenvalue weighted by molar-refractivity contribution is 5.71. The number of carbonyl (C=O) groups is 1. The van der Waals surface area contributed by atoms with E-state index in [-0.39, 0.29) is 18.7 Å². The van der Waals surface area contributed by atoms with Crippen molar-refractivity contribution in [2.45, 2.75) is 26.4 Å². The molecule has 0 N–H and O–H groups in total. The van der Waals surface area contributed by atoms with Crippen LogP contribution in [0.3, 0.4) is 0 Å². The van der Waals surface area contributed by atoms with E-state index in [4.69, 9.17) is 14.2 Å². The van der Waals surface area contributed by atoms with Gasteiger partial charge >= 0.3 is 5.97 Å². The van der Waals surface area contributed by atoms with Gasteiger partial charge in [-0.3, -0.25) is 0 Å². The van der Waals surface area contributed by atoms with Gasteiger partial charge in [0.25, 0.3) is 0 Å². The lowest BCUT2D eigenvalue weighted by Crippen LogP contribution is -2.23. The zero-order chi connectivity index (χ0) is 13.0. The van der Waals surface area contributed by atoms with Crippen LogP contribution in [0.2, 0.25) is 0 Å². The third kappa shape index (κ3) is 3.23. The number of rotatable bonds is 4. The van der Waals surface area contributed by atoms with Gasteiger partial charge in [-0.2, -0.15) is 0 Å². The molecule has 1 aromatic carbocycles. The molecule has 2 rings (SSSR count). The van der Waals surface area contributed by atoms with Gasteiger partial charge in [-0.1, -0.05) is 18.2 Å². The second kappa shape index (κ2) is 5.87. The van der Waals surface area contributed by atoms with Crippen molar-refractivity contribution < 1.29 is 19.0 Å². The van der Waals surface area contributed by atoms with E-state index < -0.39 is 0 Å². The van der Waals surface area contributed by atoms with Crippen LogP contribution in [0.1, 0.15) is 17.5 Å². The Morgan fingerprint density at radius 2 is 2.11 bits per heavy atom. The van der Waals surface area contributed by atoms with E-state index in [2.05, 4.69) is 0 Å². The maximum absolute atomic E-state index is 11.6. The van der Waals surface area contributed by atoms with Gasteiger partial charge < -0.3 is 14.2 Å². The summed E-state index contributed by atoms with van der Waals surface area (Å²) in [6.45, 7) is 5.02. The van der Waals surface area contributed by atoms with Gasteiger partial charge in [0.2, 0.25) is 0 Å². The zero-order valence-electron chi connectivity index (χ0n) is 10.8. The summed E-state index contributed by atoms with van der Waals surface area (Å²) < 4.78 is 15.9. The average Bonchev–Trinajstić information content (AvgIpc) is 2.81. The summed E-state index contributed by atoms with van der Waals surface area (Å²) in [4.78, 5) is 11.6. The van der Waals surface area contributed by atoms with E-state index >= 15 is 0 Å². The molecular formula is C14H18O4. The van der Waals surface area contributed by atoms with Crippen LogP contribution >= 0.6 is 0 Å². The second-order valence-corrected chi connectivity index (χ2v) is 4.49. The molecule has 1 atom stereocenters. The van der Waals surface area contributed by atoms with Crippen LogP contribution in [0.5, 0.6) is 5.75 Å². The van der Waals surface area contributed by atoms with Crippen molar-refractivity contribution >= 4 is 5.97 Å². The van der Waals surface area contributed by atoms with Crippen molar-refractivity contribution in [2.24, 2.45) is 0 Å². The summed E-state index contributed by atoms with van der Waals surface area (Å²) >= 11 is 0. The molecule has 0 aromatic heterocycles. The molecule has 0 spiro atoms. The summed E-state index contributed by atoms with van der Waals surface area (Å²) in [6.07, 6.45) is 0.661. The number of aryl methyl sites for hydroxylation is 2. The minimum absolute atomic E-state index is 0.0534. The number of carbonyl (C=O) groups excluding carboxylic acids is 1. The first kappa shape index (κ1) is 12.9. The molecule has 4 nitrogen and oxygen atoms in total. The Hall–Kier alpha value is -1.55. The second-order valence-electron chi connectivity index (χ2n) is 4.49. The number of benzene rings is 1. The van der Waals surface area contributed by atoms with Crippen molar-refractivity contribution in [3.05, 3.63) is 29.3 Å². The molecule has 1 saturated heterocycles. The lowest BCUT2D eigenvalue weighted by atomic mass is 10.1. The predicted molar refractivity (Wildman–Crippen MR) is 66.7 cm³/mol. The summed E-state index contributed by atoms with van der Waals surface area (Å²) in [7, 11) is 0. The lowest BCUT2D eigenvalue weighted by Gasteiger charge is -2.13. The van der Waals surface area contributed by atoms with Crippen LogP contribution in [0, 0.1) is 13.8 Å². The Kier molecular flexibility index (Phi) is 4.20. The van der Waals surface area contributed by atoms with E-state index in [0.29, 0.717) is 13.2 Å². The van der Waals surface area contributed by atoms with Crippen LogP contribution in [0.4, 0.5) is 0 Å².